The summed E-state index contributed by atoms with van der Waals surface area (Å²) in [5, 5.41) is 0. The van der Waals surface area contributed by atoms with Gasteiger partial charge in [-0.1, -0.05) is 25.5 Å². The summed E-state index contributed by atoms with van der Waals surface area (Å²) in [5.41, 5.74) is 3.16. The highest BCUT2D eigenvalue weighted by molar-refractivity contribution is 5.77. The van der Waals surface area contributed by atoms with Crippen LogP contribution < -0.4 is 0 Å². The predicted molar refractivity (Wildman–Crippen MR) is 73.0 cm³/mol. The maximum absolute atomic E-state index is 4.42. The molecule has 0 aliphatic rings. The molecule has 16 heavy (non-hydrogen) atoms. The molecule has 0 bridgehead atoms. The first-order valence-corrected chi connectivity index (χ1v) is 5.84. The van der Waals surface area contributed by atoms with Crippen LogP contribution in [-0.4, -0.2) is 17.7 Å². The fourth-order valence-electron chi connectivity index (χ4n) is 1.10. The van der Waals surface area contributed by atoms with Crippen molar-refractivity contribution >= 4 is 12.3 Å². The summed E-state index contributed by atoms with van der Waals surface area (Å²) in [5.74, 6) is 0. The van der Waals surface area contributed by atoms with E-state index in [-0.39, 0.29) is 0 Å². The van der Waals surface area contributed by atoms with Gasteiger partial charge < -0.3 is 0 Å². The van der Waals surface area contributed by atoms with Gasteiger partial charge >= 0.3 is 0 Å². The highest BCUT2D eigenvalue weighted by Crippen LogP contribution is 2.03. The second-order valence-corrected chi connectivity index (χ2v) is 3.34. The minimum Gasteiger partial charge on any atom is -0.291 e. The second kappa shape index (κ2) is 8.84. The van der Waals surface area contributed by atoms with Crippen LogP contribution in [0.2, 0.25) is 0 Å². The zero-order chi connectivity index (χ0) is 12.4. The second-order valence-electron chi connectivity index (χ2n) is 3.34. The molecule has 0 aliphatic carbocycles. The third-order valence-corrected chi connectivity index (χ3v) is 1.63. The van der Waals surface area contributed by atoms with Crippen molar-refractivity contribution in [2.75, 3.05) is 6.54 Å². The van der Waals surface area contributed by atoms with Crippen LogP contribution in [0.1, 0.15) is 46.0 Å². The molecular weight excluding hydrogens is 196 g/mol. The number of aliphatic imine (C=N–C) groups is 1. The lowest BCUT2D eigenvalue weighted by molar-refractivity contribution is 1.13. The molecule has 0 fully saturated rings. The fraction of sp³-hybridized carbons (Fsp3) is 0.429. The van der Waals surface area contributed by atoms with Crippen molar-refractivity contribution in [2.45, 2.75) is 34.6 Å². The van der Waals surface area contributed by atoms with Crippen molar-refractivity contribution in [1.82, 2.24) is 4.98 Å². The van der Waals surface area contributed by atoms with Gasteiger partial charge in [0, 0.05) is 12.8 Å². The minimum atomic E-state index is 0.800. The fourth-order valence-corrected chi connectivity index (χ4v) is 1.10. The first kappa shape index (κ1) is 14.6. The van der Waals surface area contributed by atoms with Crippen molar-refractivity contribution in [2.24, 2.45) is 4.99 Å². The van der Waals surface area contributed by atoms with Crippen molar-refractivity contribution in [3.8, 4) is 0 Å². The number of rotatable bonds is 3. The number of allylic oxidation sites excluding steroid dienone is 1. The monoisotopic (exact) mass is 218 g/mol. The van der Waals surface area contributed by atoms with E-state index in [0.29, 0.717) is 0 Å². The molecule has 1 aromatic rings. The quantitative estimate of drug-likeness (QED) is 0.705. The number of hydrogen-bond acceptors (Lipinski definition) is 2. The topological polar surface area (TPSA) is 25.2 Å². The molecule has 1 heterocycles. The Balaban J connectivity index is 0.00000106. The van der Waals surface area contributed by atoms with Gasteiger partial charge in [0.05, 0.1) is 11.4 Å². The van der Waals surface area contributed by atoms with Crippen LogP contribution in [-0.2, 0) is 0 Å². The van der Waals surface area contributed by atoms with Gasteiger partial charge in [0.25, 0.3) is 0 Å². The molecule has 2 nitrogen and oxygen atoms in total. The molecule has 1 rings (SSSR count). The summed E-state index contributed by atoms with van der Waals surface area (Å²) >= 11 is 0. The van der Waals surface area contributed by atoms with Crippen molar-refractivity contribution < 1.29 is 0 Å². The molecule has 0 aromatic carbocycles. The molecular formula is C14H22N2. The lowest BCUT2D eigenvalue weighted by Gasteiger charge is -1.96. The Kier molecular flexibility index (Phi) is 8.04. The van der Waals surface area contributed by atoms with E-state index in [9.17, 15) is 0 Å². The third-order valence-electron chi connectivity index (χ3n) is 1.63. The molecule has 2 heteroatoms. The Hall–Kier alpha value is -1.44. The Bertz CT molecular complexity index is 348. The first-order valence-electron chi connectivity index (χ1n) is 5.84. The summed E-state index contributed by atoms with van der Waals surface area (Å²) in [7, 11) is 0. The van der Waals surface area contributed by atoms with Gasteiger partial charge in [0.1, 0.15) is 0 Å². The van der Waals surface area contributed by atoms with Crippen LogP contribution in [0.15, 0.2) is 28.8 Å². The van der Waals surface area contributed by atoms with E-state index in [1.165, 1.54) is 5.57 Å². The van der Waals surface area contributed by atoms with Gasteiger partial charge in [-0.15, -0.1) is 0 Å². The van der Waals surface area contributed by atoms with Gasteiger partial charge in [-0.05, 0) is 39.0 Å². The van der Waals surface area contributed by atoms with Crippen molar-refractivity contribution in [1.29, 1.82) is 0 Å². The van der Waals surface area contributed by atoms with E-state index >= 15 is 0 Å². The summed E-state index contributed by atoms with van der Waals surface area (Å²) in [6.07, 6.45) is 3.87. The van der Waals surface area contributed by atoms with E-state index in [4.69, 9.17) is 0 Å². The van der Waals surface area contributed by atoms with Crippen LogP contribution >= 0.6 is 0 Å². The van der Waals surface area contributed by atoms with Crippen LogP contribution in [0.4, 0.5) is 0 Å². The lowest BCUT2D eigenvalue weighted by Crippen LogP contribution is -1.90. The summed E-state index contributed by atoms with van der Waals surface area (Å²) in [6, 6.07) is 5.95. The Morgan fingerprint density at radius 3 is 2.44 bits per heavy atom. The molecule has 0 amide bonds. The Labute approximate surface area is 99.1 Å². The number of aromatic nitrogens is 1. The van der Waals surface area contributed by atoms with Gasteiger partial charge in [-0.2, -0.15) is 0 Å². The highest BCUT2D eigenvalue weighted by Gasteiger charge is 1.91. The van der Waals surface area contributed by atoms with Gasteiger partial charge in [-0.25, -0.2) is 4.98 Å². The highest BCUT2D eigenvalue weighted by atomic mass is 14.8. The largest absolute Gasteiger partial charge is 0.291 e. The normalized spacial score (nSPS) is 9.56. The Morgan fingerprint density at radius 1 is 1.25 bits per heavy atom. The minimum absolute atomic E-state index is 0.800. The van der Waals surface area contributed by atoms with Gasteiger partial charge in [0.15, 0.2) is 0 Å². The van der Waals surface area contributed by atoms with Crippen LogP contribution in [0, 0.1) is 0 Å². The molecule has 0 saturated carbocycles. The predicted octanol–water partition coefficient (Wildman–Crippen LogP) is 3.97. The molecule has 0 aliphatic heterocycles. The van der Waals surface area contributed by atoms with E-state index in [2.05, 4.69) is 29.9 Å². The zero-order valence-electron chi connectivity index (χ0n) is 11.0. The van der Waals surface area contributed by atoms with E-state index in [1.807, 2.05) is 45.2 Å². The maximum atomic E-state index is 4.42. The maximum Gasteiger partial charge on any atom is 0.0815 e. The number of nitrogens with zero attached hydrogens (tertiary/aromatic N) is 2. The standard InChI is InChI=1S/C12H16N2.C2H6/c1-4-13-9-12-7-5-6-11(14-12)8-10(2)3;1-2/h5-9H,4H2,1-3H3;1-2H3. The lowest BCUT2D eigenvalue weighted by atomic mass is 10.2. The third kappa shape index (κ3) is 6.12. The summed E-state index contributed by atoms with van der Waals surface area (Å²) in [4.78, 5) is 8.58. The first-order chi connectivity index (χ1) is 7.72. The van der Waals surface area contributed by atoms with Gasteiger partial charge in [0.2, 0.25) is 0 Å². The van der Waals surface area contributed by atoms with Crippen LogP contribution in [0.5, 0.6) is 0 Å². The number of pyridine rings is 1. The van der Waals surface area contributed by atoms with E-state index in [0.717, 1.165) is 17.9 Å². The molecule has 88 valence electrons. The molecule has 0 unspecified atom stereocenters. The van der Waals surface area contributed by atoms with E-state index < -0.39 is 0 Å². The number of hydrogen-bond donors (Lipinski definition) is 0. The van der Waals surface area contributed by atoms with Crippen LogP contribution in [0.3, 0.4) is 0 Å². The average Bonchev–Trinajstić information content (AvgIpc) is 2.29. The molecule has 0 atom stereocenters. The smallest absolute Gasteiger partial charge is 0.0815 e. The Morgan fingerprint density at radius 2 is 1.88 bits per heavy atom. The van der Waals surface area contributed by atoms with Gasteiger partial charge in [-0.3, -0.25) is 4.99 Å². The molecule has 0 radical (unpaired) electrons. The molecule has 0 spiro atoms. The summed E-state index contributed by atoms with van der Waals surface area (Å²) in [6.45, 7) is 10.9. The molecule has 1 aromatic heterocycles. The zero-order valence-corrected chi connectivity index (χ0v) is 11.0. The molecule has 0 N–H and O–H groups in total. The summed E-state index contributed by atoms with van der Waals surface area (Å²) < 4.78 is 0. The van der Waals surface area contributed by atoms with Crippen molar-refractivity contribution in [3.05, 3.63) is 35.2 Å². The SMILES string of the molecule is CC.CCN=Cc1cccc(C=C(C)C)n1. The van der Waals surface area contributed by atoms with Crippen molar-refractivity contribution in [3.63, 3.8) is 0 Å². The molecule has 0 saturated heterocycles. The van der Waals surface area contributed by atoms with E-state index in [1.54, 1.807) is 0 Å². The average molecular weight is 218 g/mol. The van der Waals surface area contributed by atoms with Crippen LogP contribution in [0.25, 0.3) is 6.08 Å².